The average molecular weight is 273 g/mol. The highest BCUT2D eigenvalue weighted by Gasteiger charge is 2.25. The zero-order valence-electron chi connectivity index (χ0n) is 9.34. The number of hydrogen-bond donors (Lipinski definition) is 0. The number of fused-ring (bicyclic) bond motifs is 1. The zero-order valence-corrected chi connectivity index (χ0v) is 11.0. The van der Waals surface area contributed by atoms with Gasteiger partial charge in [0.25, 0.3) is 0 Å². The fourth-order valence-corrected chi connectivity index (χ4v) is 3.93. The lowest BCUT2D eigenvalue weighted by Crippen LogP contribution is -2.05. The van der Waals surface area contributed by atoms with Crippen molar-refractivity contribution in [3.8, 4) is 5.75 Å². The molecule has 2 aromatic heterocycles. The topological polar surface area (TPSA) is 65.5 Å². The average Bonchev–Trinajstić information content (AvgIpc) is 2.68. The molecule has 0 saturated carbocycles. The first kappa shape index (κ1) is 12.3. The van der Waals surface area contributed by atoms with Crippen molar-refractivity contribution in [3.63, 3.8) is 0 Å². The van der Waals surface area contributed by atoms with Gasteiger partial charge in [0.15, 0.2) is 9.96 Å². The summed E-state index contributed by atoms with van der Waals surface area (Å²) in [5.74, 6) is 0.298. The maximum Gasteiger partial charge on any atom is 0.310 e. The molecule has 0 amide bonds. The molecule has 2 heterocycles. The molecule has 0 aliphatic heterocycles. The summed E-state index contributed by atoms with van der Waals surface area (Å²) in [6.45, 7) is 1.71. The van der Waals surface area contributed by atoms with E-state index >= 15 is 0 Å². The molecule has 92 valence electrons. The summed E-state index contributed by atoms with van der Waals surface area (Å²) in [6, 6.07) is 3.50. The molecule has 0 N–H and O–H groups in total. The van der Waals surface area contributed by atoms with Gasteiger partial charge in [-0.25, -0.2) is 4.98 Å². The number of rotatable bonds is 4. The van der Waals surface area contributed by atoms with Gasteiger partial charge in [-0.1, -0.05) is 11.3 Å². The van der Waals surface area contributed by atoms with Crippen molar-refractivity contribution in [2.24, 2.45) is 0 Å². The Hall–Kier alpha value is -1.18. The first-order valence-corrected chi connectivity index (χ1v) is 7.13. The smallest absolute Gasteiger partial charge is 0.310 e. The first-order chi connectivity index (χ1) is 8.10. The molecule has 0 aliphatic rings. The number of hydrogen-bond acceptors (Lipinski definition) is 6. The van der Waals surface area contributed by atoms with Gasteiger partial charge in [-0.15, -0.1) is 0 Å². The molecule has 0 unspecified atom stereocenters. The van der Waals surface area contributed by atoms with Gasteiger partial charge in [0.05, 0.1) is 19.1 Å². The molecule has 7 heteroatoms. The highest BCUT2D eigenvalue weighted by atomic mass is 32.3. The normalized spacial score (nSPS) is 11.9. The first-order valence-electron chi connectivity index (χ1n) is 4.91. The lowest BCUT2D eigenvalue weighted by molar-refractivity contribution is 0.335. The van der Waals surface area contributed by atoms with Crippen LogP contribution in [0.4, 0.5) is 0 Å². The molecule has 0 atom stereocenters. The summed E-state index contributed by atoms with van der Waals surface area (Å²) >= 11 is 1.05. The molecule has 0 aromatic carbocycles. The Kier molecular flexibility index (Phi) is 3.32. The molecule has 0 spiro atoms. The molecular weight excluding hydrogens is 262 g/mol. The monoisotopic (exact) mass is 273 g/mol. The van der Waals surface area contributed by atoms with Crippen molar-refractivity contribution in [1.82, 2.24) is 4.98 Å². The van der Waals surface area contributed by atoms with Crippen LogP contribution < -0.4 is 4.74 Å². The molecule has 17 heavy (non-hydrogen) atoms. The molecular formula is C10H11NO4S2. The Morgan fingerprint density at radius 1 is 1.47 bits per heavy atom. The summed E-state index contributed by atoms with van der Waals surface area (Å²) in [4.78, 5) is 4.72. The minimum Gasteiger partial charge on any atom is -0.494 e. The number of pyridine rings is 1. The van der Waals surface area contributed by atoms with Gasteiger partial charge in [0.2, 0.25) is 0 Å². The Bertz CT molecular complexity index is 633. The van der Waals surface area contributed by atoms with E-state index in [0.29, 0.717) is 16.0 Å². The minimum atomic E-state index is -3.76. The molecule has 0 radical (unpaired) electrons. The Morgan fingerprint density at radius 3 is 2.88 bits per heavy atom. The van der Waals surface area contributed by atoms with Crippen LogP contribution in [0.1, 0.15) is 6.92 Å². The van der Waals surface area contributed by atoms with Crippen LogP contribution in [-0.2, 0) is 14.3 Å². The van der Waals surface area contributed by atoms with Crippen molar-refractivity contribution in [1.29, 1.82) is 0 Å². The molecule has 0 saturated heterocycles. The molecule has 0 bridgehead atoms. The van der Waals surface area contributed by atoms with E-state index < -0.39 is 10.1 Å². The SMILES string of the molecule is CCOS(=O)(=O)c1sc2ncccc2c1OC. The third-order valence-corrected chi connectivity index (χ3v) is 5.03. The summed E-state index contributed by atoms with van der Waals surface area (Å²) in [7, 11) is -2.33. The van der Waals surface area contributed by atoms with E-state index in [2.05, 4.69) is 4.98 Å². The molecule has 2 rings (SSSR count). The Balaban J connectivity index is 2.70. The van der Waals surface area contributed by atoms with Crippen molar-refractivity contribution >= 4 is 31.7 Å². The third kappa shape index (κ3) is 2.13. The van der Waals surface area contributed by atoms with E-state index in [9.17, 15) is 8.42 Å². The van der Waals surface area contributed by atoms with Gasteiger partial charge < -0.3 is 4.74 Å². The second-order valence-corrected chi connectivity index (χ2v) is 5.95. The highest BCUT2D eigenvalue weighted by molar-refractivity contribution is 7.89. The van der Waals surface area contributed by atoms with Crippen molar-refractivity contribution < 1.29 is 17.3 Å². The van der Waals surface area contributed by atoms with Crippen LogP contribution in [0.3, 0.4) is 0 Å². The lowest BCUT2D eigenvalue weighted by atomic mass is 10.3. The molecule has 2 aromatic rings. The van der Waals surface area contributed by atoms with E-state index in [1.807, 2.05) is 0 Å². The van der Waals surface area contributed by atoms with Crippen LogP contribution in [0.15, 0.2) is 22.5 Å². The van der Waals surface area contributed by atoms with Crippen LogP contribution in [0.25, 0.3) is 10.2 Å². The van der Waals surface area contributed by atoms with Gasteiger partial charge in [0.1, 0.15) is 4.83 Å². The van der Waals surface area contributed by atoms with Crippen LogP contribution in [0, 0.1) is 0 Å². The van der Waals surface area contributed by atoms with Crippen LogP contribution in [-0.4, -0.2) is 27.1 Å². The predicted molar refractivity (Wildman–Crippen MR) is 65.0 cm³/mol. The second kappa shape index (κ2) is 4.59. The number of methoxy groups -OCH3 is 1. The quantitative estimate of drug-likeness (QED) is 0.797. The van der Waals surface area contributed by atoms with E-state index in [1.165, 1.54) is 7.11 Å². The van der Waals surface area contributed by atoms with E-state index in [0.717, 1.165) is 11.3 Å². The second-order valence-electron chi connectivity index (χ2n) is 3.14. The van der Waals surface area contributed by atoms with Gasteiger partial charge in [-0.3, -0.25) is 4.18 Å². The Morgan fingerprint density at radius 2 is 2.24 bits per heavy atom. The van der Waals surface area contributed by atoms with Crippen molar-refractivity contribution in [3.05, 3.63) is 18.3 Å². The number of ether oxygens (including phenoxy) is 1. The predicted octanol–water partition coefficient (Wildman–Crippen LogP) is 2.03. The number of nitrogens with zero attached hydrogens (tertiary/aromatic N) is 1. The van der Waals surface area contributed by atoms with Crippen LogP contribution in [0.5, 0.6) is 5.75 Å². The van der Waals surface area contributed by atoms with Gasteiger partial charge >= 0.3 is 10.1 Å². The van der Waals surface area contributed by atoms with E-state index in [4.69, 9.17) is 8.92 Å². The third-order valence-electron chi connectivity index (χ3n) is 2.09. The van der Waals surface area contributed by atoms with Crippen LogP contribution >= 0.6 is 11.3 Å². The largest absolute Gasteiger partial charge is 0.494 e. The zero-order chi connectivity index (χ0) is 12.5. The number of aromatic nitrogens is 1. The maximum atomic E-state index is 11.9. The molecule has 5 nitrogen and oxygen atoms in total. The molecule has 0 fully saturated rings. The van der Waals surface area contributed by atoms with Crippen LogP contribution in [0.2, 0.25) is 0 Å². The summed E-state index contributed by atoms with van der Waals surface area (Å²) in [5.41, 5.74) is 0. The number of thiophene rings is 1. The van der Waals surface area contributed by atoms with Crippen molar-refractivity contribution in [2.75, 3.05) is 13.7 Å². The van der Waals surface area contributed by atoms with Gasteiger partial charge in [-0.2, -0.15) is 8.42 Å². The molecule has 0 aliphatic carbocycles. The maximum absolute atomic E-state index is 11.9. The summed E-state index contributed by atoms with van der Waals surface area (Å²) in [6.07, 6.45) is 1.61. The Labute approximate surface area is 103 Å². The lowest BCUT2D eigenvalue weighted by Gasteiger charge is -2.03. The standard InChI is InChI=1S/C10H11NO4S2/c1-3-15-17(12,13)10-8(14-2)7-5-4-6-11-9(7)16-10/h4-6H,3H2,1-2H3. The van der Waals surface area contributed by atoms with E-state index in [-0.39, 0.29) is 10.8 Å². The summed E-state index contributed by atoms with van der Waals surface area (Å²) in [5, 5.41) is 0.679. The summed E-state index contributed by atoms with van der Waals surface area (Å²) < 4.78 is 33.7. The van der Waals surface area contributed by atoms with Crippen molar-refractivity contribution in [2.45, 2.75) is 11.1 Å². The van der Waals surface area contributed by atoms with Gasteiger partial charge in [0, 0.05) is 6.20 Å². The fourth-order valence-electron chi connectivity index (χ4n) is 1.46. The minimum absolute atomic E-state index is 0.0653. The van der Waals surface area contributed by atoms with Gasteiger partial charge in [-0.05, 0) is 19.1 Å². The fraction of sp³-hybridized carbons (Fsp3) is 0.300. The highest BCUT2D eigenvalue weighted by Crippen LogP contribution is 2.40. The van der Waals surface area contributed by atoms with E-state index in [1.54, 1.807) is 25.3 Å².